The molecule has 0 aromatic heterocycles. The second-order valence-electron chi connectivity index (χ2n) is 5.28. The van der Waals surface area contributed by atoms with Crippen LogP contribution in [0.1, 0.15) is 5.56 Å². The topological polar surface area (TPSA) is 107 Å². The van der Waals surface area contributed by atoms with Crippen molar-refractivity contribution in [1.82, 2.24) is 4.72 Å². The predicted octanol–water partition coefficient (Wildman–Crippen LogP) is 2.44. The summed E-state index contributed by atoms with van der Waals surface area (Å²) in [5, 5.41) is 29.5. The van der Waals surface area contributed by atoms with Crippen LogP contribution in [0.3, 0.4) is 0 Å². The second kappa shape index (κ2) is 6.03. The van der Waals surface area contributed by atoms with Crippen LogP contribution >= 0.6 is 0 Å². The van der Waals surface area contributed by atoms with Crippen LogP contribution in [0.5, 0.6) is 17.2 Å². The van der Waals surface area contributed by atoms with Crippen LogP contribution in [0, 0.1) is 0 Å². The van der Waals surface area contributed by atoms with Gasteiger partial charge in [0.1, 0.15) is 5.75 Å². The van der Waals surface area contributed by atoms with Crippen LogP contribution in [0.4, 0.5) is 0 Å². The maximum Gasteiger partial charge on any atom is 0.241 e. The summed E-state index contributed by atoms with van der Waals surface area (Å²) >= 11 is 0. The predicted molar refractivity (Wildman–Crippen MR) is 89.4 cm³/mol. The third-order valence-electron chi connectivity index (χ3n) is 3.65. The molecule has 3 rings (SSSR count). The van der Waals surface area contributed by atoms with Crippen molar-refractivity contribution in [2.45, 2.75) is 11.4 Å². The van der Waals surface area contributed by atoms with Crippen LogP contribution in [0.15, 0.2) is 59.5 Å². The zero-order chi connectivity index (χ0) is 17.3. The molecule has 0 amide bonds. The zero-order valence-corrected chi connectivity index (χ0v) is 13.3. The average Bonchev–Trinajstić information content (AvgIpc) is 2.56. The van der Waals surface area contributed by atoms with Gasteiger partial charge >= 0.3 is 0 Å². The van der Waals surface area contributed by atoms with E-state index >= 15 is 0 Å². The van der Waals surface area contributed by atoms with E-state index < -0.39 is 10.0 Å². The Bertz CT molecular complexity index is 1010. The van der Waals surface area contributed by atoms with Crippen molar-refractivity contribution in [1.29, 1.82) is 0 Å². The molecule has 3 aromatic rings. The largest absolute Gasteiger partial charge is 0.507 e. The van der Waals surface area contributed by atoms with Gasteiger partial charge in [0.2, 0.25) is 10.0 Å². The molecule has 0 bridgehead atoms. The average molecular weight is 345 g/mol. The molecule has 7 heteroatoms. The van der Waals surface area contributed by atoms with Gasteiger partial charge < -0.3 is 15.3 Å². The number of rotatable bonds is 4. The summed E-state index contributed by atoms with van der Waals surface area (Å²) < 4.78 is 27.6. The number of phenolic OH excluding ortho intramolecular Hbond substituents is 3. The molecule has 4 N–H and O–H groups in total. The van der Waals surface area contributed by atoms with E-state index in [0.29, 0.717) is 16.3 Å². The van der Waals surface area contributed by atoms with E-state index in [1.165, 1.54) is 30.3 Å². The Hall–Kier alpha value is -2.77. The van der Waals surface area contributed by atoms with Gasteiger partial charge in [-0.05, 0) is 29.8 Å². The summed E-state index contributed by atoms with van der Waals surface area (Å²) in [6.07, 6.45) is 0. The maximum atomic E-state index is 12.6. The fraction of sp³-hybridized carbons (Fsp3) is 0.0588. The van der Waals surface area contributed by atoms with Gasteiger partial charge in [0.05, 0.1) is 4.90 Å². The first-order chi connectivity index (χ1) is 11.4. The van der Waals surface area contributed by atoms with Crippen LogP contribution < -0.4 is 4.72 Å². The lowest BCUT2D eigenvalue weighted by atomic mass is 10.1. The molecule has 0 saturated carbocycles. The maximum absolute atomic E-state index is 12.6. The standard InChI is InChI=1S/C17H15NO5S/c19-14-5-1-4-13-12(14)3-2-6-17(13)24(22,23)18-10-11-7-8-15(20)16(21)9-11/h1-9,18-21H,10H2. The molecule has 0 aliphatic rings. The minimum Gasteiger partial charge on any atom is -0.507 e. The Labute approximate surface area is 138 Å². The Morgan fingerprint density at radius 1 is 0.792 bits per heavy atom. The Kier molecular flexibility index (Phi) is 4.04. The number of hydrogen-bond acceptors (Lipinski definition) is 5. The highest BCUT2D eigenvalue weighted by Crippen LogP contribution is 2.29. The van der Waals surface area contributed by atoms with Crippen LogP contribution in [-0.4, -0.2) is 23.7 Å². The summed E-state index contributed by atoms with van der Waals surface area (Å²) in [5.41, 5.74) is 0.497. The zero-order valence-electron chi connectivity index (χ0n) is 12.5. The van der Waals surface area contributed by atoms with E-state index in [1.807, 2.05) is 0 Å². The summed E-state index contributed by atoms with van der Waals surface area (Å²) in [6, 6.07) is 13.4. The molecule has 0 atom stereocenters. The van der Waals surface area contributed by atoms with Crippen molar-refractivity contribution in [3.63, 3.8) is 0 Å². The summed E-state index contributed by atoms with van der Waals surface area (Å²) in [6.45, 7) is -0.0502. The first-order valence-corrected chi connectivity index (χ1v) is 8.58. The minimum absolute atomic E-state index is 0.00741. The van der Waals surface area contributed by atoms with E-state index in [4.69, 9.17) is 0 Å². The van der Waals surface area contributed by atoms with E-state index in [2.05, 4.69) is 4.72 Å². The number of aromatic hydroxyl groups is 3. The molecule has 0 fully saturated rings. The SMILES string of the molecule is O=S(=O)(NCc1ccc(O)c(O)c1)c1cccc2c(O)cccc12. The first kappa shape index (κ1) is 16.1. The van der Waals surface area contributed by atoms with Crippen LogP contribution in [0.2, 0.25) is 0 Å². The van der Waals surface area contributed by atoms with Gasteiger partial charge in [0.15, 0.2) is 11.5 Å². The molecule has 0 spiro atoms. The fourth-order valence-corrected chi connectivity index (χ4v) is 3.67. The molecule has 6 nitrogen and oxygen atoms in total. The normalized spacial score (nSPS) is 11.7. The number of nitrogens with one attached hydrogen (secondary N) is 1. The number of fused-ring (bicyclic) bond motifs is 1. The van der Waals surface area contributed by atoms with Crippen molar-refractivity contribution in [3.05, 3.63) is 60.2 Å². The van der Waals surface area contributed by atoms with Crippen molar-refractivity contribution in [2.75, 3.05) is 0 Å². The highest BCUT2D eigenvalue weighted by molar-refractivity contribution is 7.89. The molecule has 124 valence electrons. The molecule has 0 saturated heterocycles. The van der Waals surface area contributed by atoms with E-state index in [1.54, 1.807) is 24.3 Å². The van der Waals surface area contributed by atoms with Gasteiger partial charge in [0.25, 0.3) is 0 Å². The van der Waals surface area contributed by atoms with Gasteiger partial charge in [-0.25, -0.2) is 13.1 Å². The molecular weight excluding hydrogens is 330 g/mol. The van der Waals surface area contributed by atoms with E-state index in [0.717, 1.165) is 0 Å². The van der Waals surface area contributed by atoms with Crippen molar-refractivity contribution < 1.29 is 23.7 Å². The molecule has 24 heavy (non-hydrogen) atoms. The molecule has 0 aliphatic heterocycles. The van der Waals surface area contributed by atoms with Crippen molar-refractivity contribution >= 4 is 20.8 Å². The molecule has 0 unspecified atom stereocenters. The van der Waals surface area contributed by atoms with Gasteiger partial charge in [-0.3, -0.25) is 0 Å². The van der Waals surface area contributed by atoms with Gasteiger partial charge in [-0.2, -0.15) is 0 Å². The van der Waals surface area contributed by atoms with Crippen molar-refractivity contribution in [3.8, 4) is 17.2 Å². The van der Waals surface area contributed by atoms with Crippen molar-refractivity contribution in [2.24, 2.45) is 0 Å². The highest BCUT2D eigenvalue weighted by atomic mass is 32.2. The third kappa shape index (κ3) is 2.99. The quantitative estimate of drug-likeness (QED) is 0.543. The number of benzene rings is 3. The number of hydrogen-bond donors (Lipinski definition) is 4. The smallest absolute Gasteiger partial charge is 0.241 e. The lowest BCUT2D eigenvalue weighted by molar-refractivity contribution is 0.403. The molecule has 3 aromatic carbocycles. The van der Waals surface area contributed by atoms with E-state index in [9.17, 15) is 23.7 Å². The first-order valence-electron chi connectivity index (χ1n) is 7.10. The summed E-state index contributed by atoms with van der Waals surface area (Å²) in [4.78, 5) is 0.0545. The highest BCUT2D eigenvalue weighted by Gasteiger charge is 2.18. The molecular formula is C17H15NO5S. The van der Waals surface area contributed by atoms with Gasteiger partial charge in [-0.15, -0.1) is 0 Å². The summed E-state index contributed by atoms with van der Waals surface area (Å²) in [7, 11) is -3.83. The summed E-state index contributed by atoms with van der Waals surface area (Å²) in [5.74, 6) is -0.582. The fourth-order valence-electron chi connectivity index (χ4n) is 2.43. The van der Waals surface area contributed by atoms with E-state index in [-0.39, 0.29) is 28.7 Å². The van der Waals surface area contributed by atoms with Gasteiger partial charge in [0, 0.05) is 17.3 Å². The van der Waals surface area contributed by atoms with Crippen LogP contribution in [0.25, 0.3) is 10.8 Å². The van der Waals surface area contributed by atoms with Crippen LogP contribution in [-0.2, 0) is 16.6 Å². The van der Waals surface area contributed by atoms with Gasteiger partial charge in [-0.1, -0.05) is 30.3 Å². The Balaban J connectivity index is 1.94. The minimum atomic E-state index is -3.83. The molecule has 0 heterocycles. The lowest BCUT2D eigenvalue weighted by Gasteiger charge is -2.11. The lowest BCUT2D eigenvalue weighted by Crippen LogP contribution is -2.23. The monoisotopic (exact) mass is 345 g/mol. The second-order valence-corrected chi connectivity index (χ2v) is 7.01. The Morgan fingerprint density at radius 2 is 1.50 bits per heavy atom. The number of phenols is 3. The number of sulfonamides is 1. The third-order valence-corrected chi connectivity index (χ3v) is 5.11. The molecule has 0 aliphatic carbocycles. The molecule has 0 radical (unpaired) electrons. The Morgan fingerprint density at radius 3 is 2.25 bits per heavy atom.